The molecule has 1 aromatic carbocycles. The number of hydrogen-bond acceptors (Lipinski definition) is 3. The lowest BCUT2D eigenvalue weighted by Gasteiger charge is -2.11. The van der Waals surface area contributed by atoms with Gasteiger partial charge in [0.05, 0.1) is 23.6 Å². The highest BCUT2D eigenvalue weighted by molar-refractivity contribution is 9.10. The predicted molar refractivity (Wildman–Crippen MR) is 67.0 cm³/mol. The molecule has 0 fully saturated rings. The summed E-state index contributed by atoms with van der Waals surface area (Å²) >= 11 is 8.78. The van der Waals surface area contributed by atoms with E-state index >= 15 is 0 Å². The van der Waals surface area contributed by atoms with Gasteiger partial charge in [-0.25, -0.2) is 4.39 Å². The number of halogens is 3. The fraction of sp³-hybridized carbons (Fsp3) is 0.455. The summed E-state index contributed by atoms with van der Waals surface area (Å²) in [6.07, 6.45) is 0. The number of hydrogen-bond donors (Lipinski definition) is 0. The normalized spacial score (nSPS) is 10.6. The van der Waals surface area contributed by atoms with E-state index in [1.807, 2.05) is 0 Å². The van der Waals surface area contributed by atoms with E-state index < -0.39 is 0 Å². The summed E-state index contributed by atoms with van der Waals surface area (Å²) in [6, 6.07) is 2.87. The molecule has 0 aliphatic carbocycles. The van der Waals surface area contributed by atoms with Gasteiger partial charge in [-0.3, -0.25) is 0 Å². The zero-order chi connectivity index (χ0) is 12.7. The third kappa shape index (κ3) is 4.79. The summed E-state index contributed by atoms with van der Waals surface area (Å²) in [6.45, 7) is 1.01. The molecule has 0 unspecified atom stereocenters. The maximum atomic E-state index is 13.2. The van der Waals surface area contributed by atoms with Crippen LogP contribution in [0, 0.1) is 5.82 Å². The van der Waals surface area contributed by atoms with Gasteiger partial charge in [-0.05, 0) is 28.1 Å². The van der Waals surface area contributed by atoms with E-state index in [0.29, 0.717) is 29.0 Å². The Labute approximate surface area is 113 Å². The molecule has 0 saturated carbocycles. The summed E-state index contributed by atoms with van der Waals surface area (Å²) in [7, 11) is 1.59. The lowest BCUT2D eigenvalue weighted by Crippen LogP contribution is -2.08. The van der Waals surface area contributed by atoms with E-state index in [0.717, 1.165) is 0 Å². The van der Waals surface area contributed by atoms with E-state index in [-0.39, 0.29) is 18.5 Å². The van der Waals surface area contributed by atoms with Crippen molar-refractivity contribution in [2.75, 3.05) is 27.1 Å². The van der Waals surface area contributed by atoms with Gasteiger partial charge in [0.1, 0.15) is 11.6 Å². The molecular formula is C11H13BrClFO3. The molecule has 0 aliphatic heterocycles. The van der Waals surface area contributed by atoms with Gasteiger partial charge < -0.3 is 14.2 Å². The molecule has 6 heteroatoms. The fourth-order valence-corrected chi connectivity index (χ4v) is 1.65. The van der Waals surface area contributed by atoms with Crippen LogP contribution in [0.1, 0.15) is 5.56 Å². The summed E-state index contributed by atoms with van der Waals surface area (Å²) < 4.78 is 28.9. The lowest BCUT2D eigenvalue weighted by molar-refractivity contribution is -0.00884. The molecule has 3 nitrogen and oxygen atoms in total. The molecule has 0 spiro atoms. The van der Waals surface area contributed by atoms with Crippen molar-refractivity contribution >= 4 is 27.5 Å². The molecule has 0 radical (unpaired) electrons. The SMILES string of the molecule is COCCOCOc1cc(Br)c(F)cc1CCl. The molecule has 0 aromatic heterocycles. The van der Waals surface area contributed by atoms with Crippen molar-refractivity contribution in [3.8, 4) is 5.75 Å². The zero-order valence-electron chi connectivity index (χ0n) is 9.34. The lowest BCUT2D eigenvalue weighted by atomic mass is 10.2. The van der Waals surface area contributed by atoms with Crippen molar-refractivity contribution in [3.05, 3.63) is 28.0 Å². The van der Waals surface area contributed by atoms with Crippen LogP contribution in [0.2, 0.25) is 0 Å². The standard InChI is InChI=1S/C11H13BrClFO3/c1-15-2-3-16-7-17-11-5-9(12)10(14)4-8(11)6-13/h4-5H,2-3,6-7H2,1H3. The van der Waals surface area contributed by atoms with E-state index in [4.69, 9.17) is 25.8 Å². The van der Waals surface area contributed by atoms with E-state index in [1.54, 1.807) is 7.11 Å². The Morgan fingerprint density at radius 1 is 1.35 bits per heavy atom. The van der Waals surface area contributed by atoms with Crippen molar-refractivity contribution in [1.82, 2.24) is 0 Å². The van der Waals surface area contributed by atoms with Crippen LogP contribution in [0.3, 0.4) is 0 Å². The van der Waals surface area contributed by atoms with Crippen LogP contribution in [-0.4, -0.2) is 27.1 Å². The Morgan fingerprint density at radius 3 is 2.76 bits per heavy atom. The second kappa shape index (κ2) is 7.87. The smallest absolute Gasteiger partial charge is 0.189 e. The van der Waals surface area contributed by atoms with Crippen molar-refractivity contribution in [3.63, 3.8) is 0 Å². The van der Waals surface area contributed by atoms with Gasteiger partial charge in [0.25, 0.3) is 0 Å². The van der Waals surface area contributed by atoms with E-state index in [9.17, 15) is 4.39 Å². The first-order valence-corrected chi connectivity index (χ1v) is 6.25. The second-order valence-corrected chi connectivity index (χ2v) is 4.29. The molecule has 17 heavy (non-hydrogen) atoms. The first-order chi connectivity index (χ1) is 8.19. The summed E-state index contributed by atoms with van der Waals surface area (Å²) in [5.41, 5.74) is 0.586. The van der Waals surface area contributed by atoms with E-state index in [1.165, 1.54) is 12.1 Å². The van der Waals surface area contributed by atoms with Gasteiger partial charge in [-0.15, -0.1) is 11.6 Å². The van der Waals surface area contributed by atoms with Crippen LogP contribution in [0.15, 0.2) is 16.6 Å². The molecule has 0 bridgehead atoms. The average molecular weight is 328 g/mol. The third-order valence-corrected chi connectivity index (χ3v) is 2.87. The summed E-state index contributed by atoms with van der Waals surface area (Å²) in [5.74, 6) is 0.316. The van der Waals surface area contributed by atoms with Gasteiger partial charge in [-0.2, -0.15) is 0 Å². The molecule has 0 N–H and O–H groups in total. The highest BCUT2D eigenvalue weighted by Crippen LogP contribution is 2.27. The minimum Gasteiger partial charge on any atom is -0.467 e. The van der Waals surface area contributed by atoms with Crippen molar-refractivity contribution in [2.24, 2.45) is 0 Å². The van der Waals surface area contributed by atoms with Crippen LogP contribution >= 0.6 is 27.5 Å². The quantitative estimate of drug-likeness (QED) is 0.437. The number of ether oxygens (including phenoxy) is 3. The highest BCUT2D eigenvalue weighted by atomic mass is 79.9. The predicted octanol–water partition coefficient (Wildman–Crippen LogP) is 3.33. The van der Waals surface area contributed by atoms with Crippen molar-refractivity contribution in [2.45, 2.75) is 5.88 Å². The minimum atomic E-state index is -0.367. The number of methoxy groups -OCH3 is 1. The fourth-order valence-electron chi connectivity index (χ4n) is 1.11. The number of alkyl halides is 1. The molecule has 0 amide bonds. The van der Waals surface area contributed by atoms with E-state index in [2.05, 4.69) is 15.9 Å². The first kappa shape index (κ1) is 14.7. The molecule has 0 atom stereocenters. The molecular weight excluding hydrogens is 314 g/mol. The maximum Gasteiger partial charge on any atom is 0.189 e. The molecule has 0 heterocycles. The Morgan fingerprint density at radius 2 is 2.12 bits per heavy atom. The summed E-state index contributed by atoms with van der Waals surface area (Å²) in [5, 5.41) is 0. The third-order valence-electron chi connectivity index (χ3n) is 1.98. The number of benzene rings is 1. The zero-order valence-corrected chi connectivity index (χ0v) is 11.7. The van der Waals surface area contributed by atoms with Gasteiger partial charge in [0.2, 0.25) is 0 Å². The van der Waals surface area contributed by atoms with Crippen LogP contribution in [-0.2, 0) is 15.4 Å². The van der Waals surface area contributed by atoms with Crippen LogP contribution in [0.5, 0.6) is 5.75 Å². The Kier molecular flexibility index (Phi) is 6.80. The first-order valence-electron chi connectivity index (χ1n) is 4.92. The summed E-state index contributed by atoms with van der Waals surface area (Å²) in [4.78, 5) is 0. The average Bonchev–Trinajstić information content (AvgIpc) is 2.33. The number of rotatable bonds is 7. The molecule has 1 rings (SSSR count). The van der Waals surface area contributed by atoms with Gasteiger partial charge in [0, 0.05) is 12.7 Å². The second-order valence-electron chi connectivity index (χ2n) is 3.17. The van der Waals surface area contributed by atoms with Gasteiger partial charge in [0.15, 0.2) is 6.79 Å². The van der Waals surface area contributed by atoms with Gasteiger partial charge in [-0.1, -0.05) is 0 Å². The Balaban J connectivity index is 2.54. The van der Waals surface area contributed by atoms with Gasteiger partial charge >= 0.3 is 0 Å². The Bertz CT molecular complexity index is 363. The van der Waals surface area contributed by atoms with Crippen LogP contribution < -0.4 is 4.74 Å². The monoisotopic (exact) mass is 326 g/mol. The van der Waals surface area contributed by atoms with Crippen molar-refractivity contribution < 1.29 is 18.6 Å². The molecule has 0 saturated heterocycles. The van der Waals surface area contributed by atoms with Crippen LogP contribution in [0.25, 0.3) is 0 Å². The maximum absolute atomic E-state index is 13.2. The molecule has 96 valence electrons. The topological polar surface area (TPSA) is 27.7 Å². The Hall–Kier alpha value is -0.360. The van der Waals surface area contributed by atoms with Crippen molar-refractivity contribution in [1.29, 1.82) is 0 Å². The largest absolute Gasteiger partial charge is 0.467 e. The molecule has 1 aromatic rings. The molecule has 0 aliphatic rings. The highest BCUT2D eigenvalue weighted by Gasteiger charge is 2.08. The minimum absolute atomic E-state index is 0.0747. The van der Waals surface area contributed by atoms with Crippen LogP contribution in [0.4, 0.5) is 4.39 Å².